The first kappa shape index (κ1) is 28.0. The van der Waals surface area contributed by atoms with Crippen LogP contribution in [0.5, 0.6) is 17.2 Å². The van der Waals surface area contributed by atoms with Gasteiger partial charge < -0.3 is 19.3 Å². The zero-order valence-electron chi connectivity index (χ0n) is 21.6. The topological polar surface area (TPSA) is 112 Å². The maximum atomic E-state index is 12.4. The third-order valence-corrected chi connectivity index (χ3v) is 8.20. The number of carbonyl (C=O) groups excluding carboxylic acids is 1. The monoisotopic (exact) mass is 565 g/mol. The van der Waals surface area contributed by atoms with Gasteiger partial charge in [0.05, 0.1) is 17.7 Å². The minimum Gasteiger partial charge on any atom is -0.497 e. The third kappa shape index (κ3) is 6.90. The summed E-state index contributed by atoms with van der Waals surface area (Å²) in [7, 11) is -0.0765. The van der Waals surface area contributed by atoms with Crippen LogP contribution < -0.4 is 14.2 Å². The number of rotatable bonds is 11. The van der Waals surface area contributed by atoms with E-state index < -0.39 is 23.4 Å². The fraction of sp³-hybridized carbons (Fsp3) is 0.207. The van der Waals surface area contributed by atoms with Crippen LogP contribution in [0.1, 0.15) is 23.9 Å². The predicted molar refractivity (Wildman–Crippen MR) is 150 cm³/mol. The second-order valence-corrected chi connectivity index (χ2v) is 11.0. The van der Waals surface area contributed by atoms with E-state index in [9.17, 15) is 13.8 Å². The quantitative estimate of drug-likeness (QED) is 0.240. The zero-order chi connectivity index (χ0) is 27.9. The standard InChI is InChI=1S/C29H27NO7S2/c1-4-27(33)39(34)23-12-7-20(8-13-23)29-28(19-5-9-21(35-3)10-6-19)30-25(38-29)16-36-22-11-14-24(18(2)15-22)37-17-26(31)32/h5-15H,4,16-17H2,1-3H3,(H,31,32). The Hall–Kier alpha value is -4.02. The molecule has 0 aliphatic carbocycles. The summed E-state index contributed by atoms with van der Waals surface area (Å²) in [6.07, 6.45) is 0.214. The Morgan fingerprint density at radius 2 is 1.62 bits per heavy atom. The Kier molecular flexibility index (Phi) is 9.11. The molecule has 3 aromatic carbocycles. The minimum atomic E-state index is -1.69. The number of carboxylic acids is 1. The van der Waals surface area contributed by atoms with E-state index in [1.165, 1.54) is 11.3 Å². The third-order valence-electron chi connectivity index (χ3n) is 5.72. The van der Waals surface area contributed by atoms with E-state index in [-0.39, 0.29) is 18.1 Å². The van der Waals surface area contributed by atoms with Crippen molar-refractivity contribution in [1.82, 2.24) is 4.98 Å². The van der Waals surface area contributed by atoms with Crippen LogP contribution in [0.2, 0.25) is 0 Å². The van der Waals surface area contributed by atoms with Crippen LogP contribution in [0.25, 0.3) is 21.7 Å². The van der Waals surface area contributed by atoms with Gasteiger partial charge in [0.15, 0.2) is 6.61 Å². The fourth-order valence-corrected chi connectivity index (χ4v) is 5.63. The van der Waals surface area contributed by atoms with Crippen LogP contribution in [0.3, 0.4) is 0 Å². The molecule has 0 aliphatic rings. The van der Waals surface area contributed by atoms with Crippen LogP contribution >= 0.6 is 11.3 Å². The molecule has 4 rings (SSSR count). The lowest BCUT2D eigenvalue weighted by Gasteiger charge is -2.09. The number of nitrogens with zero attached hydrogens (tertiary/aromatic N) is 1. The Bertz CT molecular complexity index is 1500. The van der Waals surface area contributed by atoms with Crippen LogP contribution in [-0.4, -0.2) is 39.1 Å². The van der Waals surface area contributed by atoms with Crippen molar-refractivity contribution >= 4 is 33.2 Å². The molecule has 1 aromatic heterocycles. The van der Waals surface area contributed by atoms with Crippen LogP contribution in [0.15, 0.2) is 71.6 Å². The van der Waals surface area contributed by atoms with Crippen LogP contribution in [-0.2, 0) is 27.0 Å². The first-order valence-electron chi connectivity index (χ1n) is 12.1. The van der Waals surface area contributed by atoms with Gasteiger partial charge in [-0.3, -0.25) is 4.79 Å². The smallest absolute Gasteiger partial charge is 0.341 e. The summed E-state index contributed by atoms with van der Waals surface area (Å²) >= 11 is 1.48. The SMILES string of the molecule is CCC(=O)S(=O)c1ccc(-c2sc(COc3ccc(OCC(=O)O)c(C)c3)nc2-c2ccc(OC)cc2)cc1. The number of carboxylic acid groups (broad SMARTS) is 1. The van der Waals surface area contributed by atoms with E-state index in [0.717, 1.165) is 38.0 Å². The molecular weight excluding hydrogens is 538 g/mol. The second kappa shape index (κ2) is 12.7. The highest BCUT2D eigenvalue weighted by Gasteiger charge is 2.18. The first-order valence-corrected chi connectivity index (χ1v) is 14.0. The molecule has 1 unspecified atom stereocenters. The second-order valence-electron chi connectivity index (χ2n) is 8.43. The number of aryl methyl sites for hydroxylation is 1. The summed E-state index contributed by atoms with van der Waals surface area (Å²) in [6, 6.07) is 19.9. The molecule has 8 nitrogen and oxygen atoms in total. The summed E-state index contributed by atoms with van der Waals surface area (Å²) < 4.78 is 29.0. The van der Waals surface area contributed by atoms with Gasteiger partial charge in [-0.05, 0) is 72.6 Å². The van der Waals surface area contributed by atoms with E-state index >= 15 is 0 Å². The molecule has 1 N–H and O–H groups in total. The lowest BCUT2D eigenvalue weighted by molar-refractivity contribution is -0.139. The highest BCUT2D eigenvalue weighted by molar-refractivity contribution is 8.00. The lowest BCUT2D eigenvalue weighted by Crippen LogP contribution is -2.10. The first-order chi connectivity index (χ1) is 18.8. The molecule has 0 saturated carbocycles. The van der Waals surface area contributed by atoms with Crippen LogP contribution in [0.4, 0.5) is 0 Å². The number of hydrogen-bond acceptors (Lipinski definition) is 8. The molecule has 4 aromatic rings. The molecule has 1 atom stereocenters. The number of aromatic nitrogens is 1. The molecule has 1 heterocycles. The Morgan fingerprint density at radius 1 is 0.949 bits per heavy atom. The van der Waals surface area contributed by atoms with E-state index in [1.54, 1.807) is 44.4 Å². The van der Waals surface area contributed by atoms with Gasteiger partial charge in [0, 0.05) is 16.9 Å². The Balaban J connectivity index is 1.60. The molecule has 0 amide bonds. The van der Waals surface area contributed by atoms with Crippen molar-refractivity contribution in [3.05, 3.63) is 77.3 Å². The number of methoxy groups -OCH3 is 1. The number of hydrogen-bond donors (Lipinski definition) is 1. The Morgan fingerprint density at radius 3 is 2.23 bits per heavy atom. The Labute approximate surface area is 232 Å². The maximum absolute atomic E-state index is 12.4. The number of aliphatic carboxylic acids is 1. The molecular formula is C29H27NO7S2. The molecule has 10 heteroatoms. The summed E-state index contributed by atoms with van der Waals surface area (Å²) in [5, 5.41) is 9.26. The average Bonchev–Trinajstić information content (AvgIpc) is 3.39. The molecule has 39 heavy (non-hydrogen) atoms. The highest BCUT2D eigenvalue weighted by Crippen LogP contribution is 2.38. The van der Waals surface area contributed by atoms with E-state index in [2.05, 4.69) is 0 Å². The van der Waals surface area contributed by atoms with Gasteiger partial charge in [0.1, 0.15) is 39.7 Å². The van der Waals surface area contributed by atoms with Crippen molar-refractivity contribution in [2.75, 3.05) is 13.7 Å². The van der Waals surface area contributed by atoms with Crippen molar-refractivity contribution in [1.29, 1.82) is 0 Å². The van der Waals surface area contributed by atoms with E-state index in [4.69, 9.17) is 24.3 Å². The number of benzene rings is 3. The number of carbonyl (C=O) groups is 2. The largest absolute Gasteiger partial charge is 0.497 e. The van der Waals surface area contributed by atoms with Crippen molar-refractivity contribution in [2.45, 2.75) is 31.8 Å². The summed E-state index contributed by atoms with van der Waals surface area (Å²) in [5.41, 5.74) is 3.31. The van der Waals surface area contributed by atoms with E-state index in [1.807, 2.05) is 43.3 Å². The summed E-state index contributed by atoms with van der Waals surface area (Å²) in [5.74, 6) is 0.774. The van der Waals surface area contributed by atoms with Gasteiger partial charge in [0.2, 0.25) is 5.12 Å². The van der Waals surface area contributed by atoms with Crippen molar-refractivity contribution in [3.63, 3.8) is 0 Å². The fourth-order valence-electron chi connectivity index (χ4n) is 3.72. The van der Waals surface area contributed by atoms with Gasteiger partial charge in [-0.15, -0.1) is 11.3 Å². The molecule has 0 saturated heterocycles. The molecule has 202 valence electrons. The van der Waals surface area contributed by atoms with Crippen molar-refractivity contribution in [3.8, 4) is 38.9 Å². The summed E-state index contributed by atoms with van der Waals surface area (Å²) in [6.45, 7) is 3.32. The van der Waals surface area contributed by atoms with Crippen molar-refractivity contribution < 1.29 is 33.1 Å². The minimum absolute atomic E-state index is 0.214. The lowest BCUT2D eigenvalue weighted by atomic mass is 10.1. The molecule has 0 bridgehead atoms. The zero-order valence-corrected chi connectivity index (χ0v) is 23.3. The maximum Gasteiger partial charge on any atom is 0.341 e. The number of thiazole rings is 1. The van der Waals surface area contributed by atoms with Crippen LogP contribution in [0, 0.1) is 6.92 Å². The predicted octanol–water partition coefficient (Wildman–Crippen LogP) is 5.88. The van der Waals surface area contributed by atoms with Gasteiger partial charge in [-0.1, -0.05) is 19.1 Å². The normalized spacial score (nSPS) is 11.6. The van der Waals surface area contributed by atoms with E-state index in [0.29, 0.717) is 16.4 Å². The van der Waals surface area contributed by atoms with Gasteiger partial charge in [-0.2, -0.15) is 0 Å². The highest BCUT2D eigenvalue weighted by atomic mass is 32.2. The molecule has 0 aliphatic heterocycles. The molecule has 0 radical (unpaired) electrons. The van der Waals surface area contributed by atoms with Gasteiger partial charge in [-0.25, -0.2) is 14.0 Å². The van der Waals surface area contributed by atoms with Gasteiger partial charge >= 0.3 is 5.97 Å². The number of ether oxygens (including phenoxy) is 3. The van der Waals surface area contributed by atoms with Gasteiger partial charge in [0.25, 0.3) is 0 Å². The summed E-state index contributed by atoms with van der Waals surface area (Å²) in [4.78, 5) is 28.9. The average molecular weight is 566 g/mol. The molecule has 0 fully saturated rings. The van der Waals surface area contributed by atoms with Crippen molar-refractivity contribution in [2.24, 2.45) is 0 Å². The molecule has 0 spiro atoms.